The summed E-state index contributed by atoms with van der Waals surface area (Å²) in [5, 5.41) is 8.39. The van der Waals surface area contributed by atoms with Gasteiger partial charge in [0.1, 0.15) is 0 Å². The van der Waals surface area contributed by atoms with Crippen molar-refractivity contribution < 1.29 is 23.1 Å². The van der Waals surface area contributed by atoms with Gasteiger partial charge in [-0.3, -0.25) is 4.79 Å². The van der Waals surface area contributed by atoms with Crippen LogP contribution >= 0.6 is 0 Å². The van der Waals surface area contributed by atoms with E-state index >= 15 is 0 Å². The monoisotopic (exact) mass is 294 g/mol. The molecule has 1 aliphatic carbocycles. The summed E-state index contributed by atoms with van der Waals surface area (Å²) in [7, 11) is -3.72. The van der Waals surface area contributed by atoms with Crippen LogP contribution < -0.4 is 10.5 Å². The van der Waals surface area contributed by atoms with E-state index in [-0.39, 0.29) is 18.7 Å². The molecule has 0 aromatic rings. The molecule has 0 radical (unpaired) electrons. The number of rotatable bonds is 8. The summed E-state index contributed by atoms with van der Waals surface area (Å²) >= 11 is 0. The molecule has 1 rings (SSSR count). The topological polar surface area (TPSA) is 119 Å². The summed E-state index contributed by atoms with van der Waals surface area (Å²) in [5.41, 5.74) is 5.78. The lowest BCUT2D eigenvalue weighted by molar-refractivity contribution is -0.134. The first-order valence-corrected chi connectivity index (χ1v) is 8.10. The Hall–Kier alpha value is -0.700. The Morgan fingerprint density at radius 2 is 1.95 bits per heavy atom. The maximum Gasteiger partial charge on any atom is 0.320 e. The number of carboxylic acid groups (broad SMARTS) is 1. The highest BCUT2D eigenvalue weighted by molar-refractivity contribution is 7.90. The quantitative estimate of drug-likeness (QED) is 0.527. The summed E-state index contributed by atoms with van der Waals surface area (Å²) < 4.78 is 30.2. The lowest BCUT2D eigenvalue weighted by Gasteiger charge is -2.26. The van der Waals surface area contributed by atoms with Crippen LogP contribution in [0.1, 0.15) is 32.1 Å². The molecule has 0 unspecified atom stereocenters. The van der Waals surface area contributed by atoms with Crippen molar-refractivity contribution in [3.63, 3.8) is 0 Å². The molecule has 7 nitrogen and oxygen atoms in total. The number of hydrogen-bond acceptors (Lipinski definition) is 5. The molecule has 0 amide bonds. The van der Waals surface area contributed by atoms with Gasteiger partial charge in [0, 0.05) is 19.2 Å². The first kappa shape index (κ1) is 16.4. The molecule has 0 bridgehead atoms. The Morgan fingerprint density at radius 1 is 1.32 bits per heavy atom. The van der Waals surface area contributed by atoms with Crippen LogP contribution in [0, 0.1) is 0 Å². The third kappa shape index (κ3) is 7.46. The molecule has 1 fully saturated rings. The fraction of sp³-hybridized carbons (Fsp3) is 0.909. The highest BCUT2D eigenvalue weighted by atomic mass is 32.2. The van der Waals surface area contributed by atoms with Gasteiger partial charge in [0.15, 0.2) is 5.75 Å². The van der Waals surface area contributed by atoms with Crippen LogP contribution in [-0.2, 0) is 19.6 Å². The van der Waals surface area contributed by atoms with Gasteiger partial charge >= 0.3 is 5.97 Å². The van der Waals surface area contributed by atoms with Crippen LogP contribution in [0.2, 0.25) is 0 Å². The van der Waals surface area contributed by atoms with Gasteiger partial charge in [0.25, 0.3) is 0 Å². The molecule has 0 atom stereocenters. The van der Waals surface area contributed by atoms with Crippen LogP contribution in [-0.4, -0.2) is 50.5 Å². The number of sulfonamides is 1. The lowest BCUT2D eigenvalue weighted by atomic mass is 9.94. The first-order valence-electron chi connectivity index (χ1n) is 6.45. The van der Waals surface area contributed by atoms with Crippen LogP contribution in [0.5, 0.6) is 0 Å². The van der Waals surface area contributed by atoms with E-state index in [2.05, 4.69) is 4.72 Å². The first-order chi connectivity index (χ1) is 8.89. The minimum Gasteiger partial charge on any atom is -0.480 e. The van der Waals surface area contributed by atoms with Gasteiger partial charge in [0.05, 0.1) is 6.10 Å². The Morgan fingerprint density at radius 3 is 2.53 bits per heavy atom. The summed E-state index contributed by atoms with van der Waals surface area (Å²) in [4.78, 5) is 10.3. The molecule has 0 saturated heterocycles. The van der Waals surface area contributed by atoms with E-state index in [9.17, 15) is 13.2 Å². The van der Waals surface area contributed by atoms with Crippen molar-refractivity contribution in [3.8, 4) is 0 Å². The average Bonchev–Trinajstić information content (AvgIpc) is 2.29. The molecule has 0 aliphatic heterocycles. The second-order valence-electron chi connectivity index (χ2n) is 4.81. The van der Waals surface area contributed by atoms with E-state index in [1.165, 1.54) is 0 Å². The second kappa shape index (κ2) is 7.78. The minimum absolute atomic E-state index is 0.196. The van der Waals surface area contributed by atoms with Gasteiger partial charge < -0.3 is 15.6 Å². The van der Waals surface area contributed by atoms with E-state index in [1.54, 1.807) is 0 Å². The van der Waals surface area contributed by atoms with Gasteiger partial charge in [-0.1, -0.05) is 0 Å². The zero-order chi connectivity index (χ0) is 14.3. The molecule has 0 aromatic carbocycles. The molecule has 19 heavy (non-hydrogen) atoms. The predicted octanol–water partition coefficient (Wildman–Crippen LogP) is -0.333. The average molecular weight is 294 g/mol. The molecule has 8 heteroatoms. The third-order valence-electron chi connectivity index (χ3n) is 3.03. The van der Waals surface area contributed by atoms with Crippen molar-refractivity contribution in [2.24, 2.45) is 5.73 Å². The van der Waals surface area contributed by atoms with E-state index in [0.29, 0.717) is 13.0 Å². The van der Waals surface area contributed by atoms with Crippen LogP contribution in [0.15, 0.2) is 0 Å². The molecular formula is C11H22N2O5S. The summed E-state index contributed by atoms with van der Waals surface area (Å²) in [6, 6.07) is 0.280. The van der Waals surface area contributed by atoms with Crippen LogP contribution in [0.25, 0.3) is 0 Å². The number of hydrogen-bond donors (Lipinski definition) is 3. The molecule has 1 saturated carbocycles. The van der Waals surface area contributed by atoms with Crippen LogP contribution in [0.4, 0.5) is 0 Å². The SMILES string of the molecule is NC1CCC(OCCCNS(=O)(=O)CC(=O)O)CC1. The number of aliphatic carboxylic acids is 1. The molecule has 0 heterocycles. The zero-order valence-electron chi connectivity index (χ0n) is 10.9. The Bertz CT molecular complexity index is 377. The third-order valence-corrected chi connectivity index (χ3v) is 4.30. The second-order valence-corrected chi connectivity index (χ2v) is 6.62. The normalized spacial score (nSPS) is 24.3. The zero-order valence-corrected chi connectivity index (χ0v) is 11.7. The van der Waals surface area contributed by atoms with Gasteiger partial charge in [-0.05, 0) is 32.1 Å². The lowest BCUT2D eigenvalue weighted by Crippen LogP contribution is -2.32. The molecule has 4 N–H and O–H groups in total. The number of carboxylic acids is 1. The van der Waals surface area contributed by atoms with E-state index in [0.717, 1.165) is 25.7 Å². The molecular weight excluding hydrogens is 272 g/mol. The number of carbonyl (C=O) groups is 1. The van der Waals surface area contributed by atoms with Crippen molar-refractivity contribution in [1.29, 1.82) is 0 Å². The van der Waals surface area contributed by atoms with E-state index < -0.39 is 21.7 Å². The van der Waals surface area contributed by atoms with Crippen molar-refractivity contribution in [2.75, 3.05) is 18.9 Å². The van der Waals surface area contributed by atoms with Gasteiger partial charge in [0.2, 0.25) is 10.0 Å². The van der Waals surface area contributed by atoms with Crippen LogP contribution in [0.3, 0.4) is 0 Å². The smallest absolute Gasteiger partial charge is 0.320 e. The van der Waals surface area contributed by atoms with Gasteiger partial charge in [-0.25, -0.2) is 13.1 Å². The standard InChI is InChI=1S/C11H22N2O5S/c12-9-2-4-10(5-3-9)18-7-1-6-13-19(16,17)8-11(14)15/h9-10,13H,1-8,12H2,(H,14,15). The largest absolute Gasteiger partial charge is 0.480 e. The molecule has 1 aliphatic rings. The fourth-order valence-corrected chi connectivity index (χ4v) is 2.90. The Labute approximate surface area is 113 Å². The highest BCUT2D eigenvalue weighted by Crippen LogP contribution is 2.19. The van der Waals surface area contributed by atoms with Crippen molar-refractivity contribution >= 4 is 16.0 Å². The van der Waals surface area contributed by atoms with Gasteiger partial charge in [-0.15, -0.1) is 0 Å². The van der Waals surface area contributed by atoms with Crippen molar-refractivity contribution in [2.45, 2.75) is 44.2 Å². The molecule has 0 aromatic heterocycles. The van der Waals surface area contributed by atoms with E-state index in [4.69, 9.17) is 15.6 Å². The van der Waals surface area contributed by atoms with Gasteiger partial charge in [-0.2, -0.15) is 0 Å². The summed E-state index contributed by atoms with van der Waals surface area (Å²) in [6.45, 7) is 0.664. The van der Waals surface area contributed by atoms with Crippen molar-refractivity contribution in [1.82, 2.24) is 4.72 Å². The van der Waals surface area contributed by atoms with Crippen molar-refractivity contribution in [3.05, 3.63) is 0 Å². The molecule has 112 valence electrons. The minimum atomic E-state index is -3.72. The molecule has 0 spiro atoms. The Balaban J connectivity index is 2.06. The summed E-state index contributed by atoms with van der Waals surface area (Å²) in [6.07, 6.45) is 4.58. The predicted molar refractivity (Wildman–Crippen MR) is 70.2 cm³/mol. The Kier molecular flexibility index (Phi) is 6.70. The fourth-order valence-electron chi connectivity index (χ4n) is 2.02. The number of nitrogens with one attached hydrogen (secondary N) is 1. The number of nitrogens with two attached hydrogens (primary N) is 1. The highest BCUT2D eigenvalue weighted by Gasteiger charge is 2.19. The number of ether oxygens (including phenoxy) is 1. The maximum absolute atomic E-state index is 11.2. The summed E-state index contributed by atoms with van der Waals surface area (Å²) in [5.74, 6) is -2.25. The maximum atomic E-state index is 11.2. The van der Waals surface area contributed by atoms with E-state index in [1.807, 2.05) is 0 Å².